The molecule has 1 saturated heterocycles. The first-order valence-electron chi connectivity index (χ1n) is 8.69. The zero-order chi connectivity index (χ0) is 19.4. The van der Waals surface area contributed by atoms with Gasteiger partial charge in [0, 0.05) is 37.4 Å². The number of nitrogens with one attached hydrogen (secondary N) is 1. The first-order valence-corrected chi connectivity index (χ1v) is 8.69. The Bertz CT molecular complexity index is 873. The van der Waals surface area contributed by atoms with Crippen LogP contribution < -0.4 is 5.32 Å². The van der Waals surface area contributed by atoms with E-state index in [0.29, 0.717) is 31.7 Å². The molecule has 1 aliphatic rings. The van der Waals surface area contributed by atoms with Gasteiger partial charge in [-0.3, -0.25) is 4.79 Å². The zero-order valence-electron chi connectivity index (χ0n) is 15.0. The van der Waals surface area contributed by atoms with Crippen molar-refractivity contribution in [2.45, 2.75) is 6.92 Å². The van der Waals surface area contributed by atoms with Gasteiger partial charge in [0.1, 0.15) is 0 Å². The molecule has 2 aromatic rings. The number of carbonyl (C=O) groups excluding carboxylic acids is 2. The van der Waals surface area contributed by atoms with Gasteiger partial charge in [-0.05, 0) is 42.8 Å². The number of nitrogens with zero attached hydrogens (tertiary/aromatic N) is 2. The fourth-order valence-electron chi connectivity index (χ4n) is 3.01. The number of carbonyl (C=O) groups is 3. The summed E-state index contributed by atoms with van der Waals surface area (Å²) in [5, 5.41) is 11.9. The van der Waals surface area contributed by atoms with E-state index in [1.807, 2.05) is 31.2 Å². The molecule has 1 aliphatic heterocycles. The number of carboxylic acids is 1. The highest BCUT2D eigenvalue weighted by molar-refractivity contribution is 5.97. The van der Waals surface area contributed by atoms with Crippen LogP contribution in [0.25, 0.3) is 0 Å². The highest BCUT2D eigenvalue weighted by atomic mass is 16.4. The fraction of sp³-hybridized carbons (Fsp3) is 0.250. The number of rotatable bonds is 3. The van der Waals surface area contributed by atoms with Crippen molar-refractivity contribution in [3.8, 4) is 0 Å². The van der Waals surface area contributed by atoms with Crippen LogP contribution in [0.3, 0.4) is 0 Å². The molecule has 0 bridgehead atoms. The van der Waals surface area contributed by atoms with Crippen LogP contribution in [0.15, 0.2) is 48.5 Å². The molecule has 3 rings (SSSR count). The predicted molar refractivity (Wildman–Crippen MR) is 101 cm³/mol. The van der Waals surface area contributed by atoms with Gasteiger partial charge >= 0.3 is 12.0 Å². The van der Waals surface area contributed by atoms with E-state index >= 15 is 0 Å². The second kappa shape index (κ2) is 7.90. The minimum atomic E-state index is -1.07. The van der Waals surface area contributed by atoms with E-state index in [0.717, 1.165) is 11.3 Å². The van der Waals surface area contributed by atoms with E-state index in [9.17, 15) is 14.4 Å². The van der Waals surface area contributed by atoms with Crippen LogP contribution in [0.5, 0.6) is 0 Å². The monoisotopic (exact) mass is 367 g/mol. The van der Waals surface area contributed by atoms with Gasteiger partial charge in [-0.2, -0.15) is 0 Å². The van der Waals surface area contributed by atoms with Crippen molar-refractivity contribution in [1.82, 2.24) is 9.80 Å². The summed E-state index contributed by atoms with van der Waals surface area (Å²) in [5.41, 5.74) is 2.22. The first kappa shape index (κ1) is 18.4. The highest BCUT2D eigenvalue weighted by Gasteiger charge is 2.25. The molecular weight excluding hydrogens is 346 g/mol. The molecule has 0 aliphatic carbocycles. The molecule has 3 amide bonds. The number of aryl methyl sites for hydroxylation is 1. The number of urea groups is 1. The molecule has 2 N–H and O–H groups in total. The van der Waals surface area contributed by atoms with Crippen molar-refractivity contribution in [1.29, 1.82) is 0 Å². The largest absolute Gasteiger partial charge is 0.478 e. The van der Waals surface area contributed by atoms with Gasteiger partial charge in [0.25, 0.3) is 5.91 Å². The lowest BCUT2D eigenvalue weighted by Crippen LogP contribution is -2.51. The van der Waals surface area contributed by atoms with Crippen molar-refractivity contribution in [3.05, 3.63) is 65.2 Å². The molecule has 140 valence electrons. The van der Waals surface area contributed by atoms with Crippen LogP contribution in [0.4, 0.5) is 10.5 Å². The smallest absolute Gasteiger partial charge is 0.335 e. The fourth-order valence-corrected chi connectivity index (χ4v) is 3.01. The summed E-state index contributed by atoms with van der Waals surface area (Å²) < 4.78 is 0. The van der Waals surface area contributed by atoms with E-state index in [4.69, 9.17) is 5.11 Å². The maximum atomic E-state index is 12.6. The molecule has 0 unspecified atom stereocenters. The minimum absolute atomic E-state index is 0.0806. The number of amides is 3. The van der Waals surface area contributed by atoms with E-state index in [1.165, 1.54) is 12.1 Å². The predicted octanol–water partition coefficient (Wildman–Crippen LogP) is 2.68. The van der Waals surface area contributed by atoms with Crippen molar-refractivity contribution < 1.29 is 19.5 Å². The molecule has 7 heteroatoms. The normalized spacial score (nSPS) is 14.0. The standard InChI is InChI=1S/C20H21N3O4/c1-14-4-2-7-17(12-14)21-20(27)23-10-8-22(9-11-23)18(24)15-5-3-6-16(13-15)19(25)26/h2-7,12-13H,8-11H2,1H3,(H,21,27)(H,25,26). The summed E-state index contributed by atoms with van der Waals surface area (Å²) in [6.07, 6.45) is 0. The van der Waals surface area contributed by atoms with E-state index in [2.05, 4.69) is 5.32 Å². The van der Waals surface area contributed by atoms with Crippen LogP contribution in [0.2, 0.25) is 0 Å². The Hall–Kier alpha value is -3.35. The minimum Gasteiger partial charge on any atom is -0.478 e. The van der Waals surface area contributed by atoms with Crippen LogP contribution in [-0.2, 0) is 0 Å². The maximum absolute atomic E-state index is 12.6. The Kier molecular flexibility index (Phi) is 5.40. The molecule has 7 nitrogen and oxygen atoms in total. The van der Waals surface area contributed by atoms with Gasteiger partial charge in [-0.1, -0.05) is 18.2 Å². The lowest BCUT2D eigenvalue weighted by Gasteiger charge is -2.34. The topological polar surface area (TPSA) is 90.0 Å². The molecule has 1 fully saturated rings. The third-order valence-electron chi connectivity index (χ3n) is 4.48. The third-order valence-corrected chi connectivity index (χ3v) is 4.48. The van der Waals surface area contributed by atoms with Crippen molar-refractivity contribution in [3.63, 3.8) is 0 Å². The van der Waals surface area contributed by atoms with E-state index < -0.39 is 5.97 Å². The maximum Gasteiger partial charge on any atom is 0.335 e. The number of benzene rings is 2. The second-order valence-corrected chi connectivity index (χ2v) is 6.46. The molecule has 27 heavy (non-hydrogen) atoms. The van der Waals surface area contributed by atoms with Crippen molar-refractivity contribution >= 4 is 23.6 Å². The lowest BCUT2D eigenvalue weighted by molar-refractivity contribution is 0.0671. The summed E-state index contributed by atoms with van der Waals surface area (Å²) in [6, 6.07) is 13.4. The summed E-state index contributed by atoms with van der Waals surface area (Å²) >= 11 is 0. The van der Waals surface area contributed by atoms with Crippen LogP contribution in [0.1, 0.15) is 26.3 Å². The average molecular weight is 367 g/mol. The molecule has 0 radical (unpaired) electrons. The molecule has 0 aromatic heterocycles. The first-order chi connectivity index (χ1) is 12.9. The summed E-state index contributed by atoms with van der Waals surface area (Å²) in [6.45, 7) is 3.60. The van der Waals surface area contributed by atoms with Crippen LogP contribution in [-0.4, -0.2) is 59.0 Å². The Morgan fingerprint density at radius 1 is 0.889 bits per heavy atom. The number of anilines is 1. The van der Waals surface area contributed by atoms with Crippen LogP contribution >= 0.6 is 0 Å². The van der Waals surface area contributed by atoms with E-state index in [-0.39, 0.29) is 17.5 Å². The number of piperazine rings is 1. The Balaban J connectivity index is 1.58. The average Bonchev–Trinajstić information content (AvgIpc) is 2.67. The molecule has 1 heterocycles. The number of hydrogen-bond acceptors (Lipinski definition) is 3. The third kappa shape index (κ3) is 4.44. The number of aromatic carboxylic acids is 1. The summed E-state index contributed by atoms with van der Waals surface area (Å²) in [7, 11) is 0. The molecule has 0 saturated carbocycles. The molecule has 0 spiro atoms. The highest BCUT2D eigenvalue weighted by Crippen LogP contribution is 2.14. The second-order valence-electron chi connectivity index (χ2n) is 6.46. The molecular formula is C20H21N3O4. The van der Waals surface area contributed by atoms with Crippen molar-refractivity contribution in [2.75, 3.05) is 31.5 Å². The molecule has 2 aromatic carbocycles. The Morgan fingerprint density at radius 2 is 1.52 bits per heavy atom. The molecule has 0 atom stereocenters. The van der Waals surface area contributed by atoms with E-state index in [1.54, 1.807) is 21.9 Å². The van der Waals surface area contributed by atoms with Crippen molar-refractivity contribution in [2.24, 2.45) is 0 Å². The number of hydrogen-bond donors (Lipinski definition) is 2. The zero-order valence-corrected chi connectivity index (χ0v) is 15.0. The van der Waals surface area contributed by atoms with Gasteiger partial charge in [-0.15, -0.1) is 0 Å². The van der Waals surface area contributed by atoms with Gasteiger partial charge in [0.2, 0.25) is 0 Å². The summed E-state index contributed by atoms with van der Waals surface area (Å²) in [4.78, 5) is 39.4. The van der Waals surface area contributed by atoms with Gasteiger partial charge in [0.05, 0.1) is 5.56 Å². The SMILES string of the molecule is Cc1cccc(NC(=O)N2CCN(C(=O)c3cccc(C(=O)O)c3)CC2)c1. The van der Waals surface area contributed by atoms with Gasteiger partial charge < -0.3 is 20.2 Å². The summed E-state index contributed by atoms with van der Waals surface area (Å²) in [5.74, 6) is -1.29. The quantitative estimate of drug-likeness (QED) is 0.873. The van der Waals surface area contributed by atoms with Gasteiger partial charge in [-0.25, -0.2) is 9.59 Å². The Labute approximate surface area is 157 Å². The lowest BCUT2D eigenvalue weighted by atomic mass is 10.1. The van der Waals surface area contributed by atoms with Crippen LogP contribution in [0, 0.1) is 6.92 Å². The van der Waals surface area contributed by atoms with Gasteiger partial charge in [0.15, 0.2) is 0 Å². The Morgan fingerprint density at radius 3 is 2.19 bits per heavy atom. The number of carboxylic acid groups (broad SMARTS) is 1.